The Morgan fingerprint density at radius 3 is 2.53 bits per heavy atom. The number of hydrogen-bond acceptors (Lipinski definition) is 2. The van der Waals surface area contributed by atoms with Crippen LogP contribution in [0.15, 0.2) is 0 Å². The Bertz CT molecular complexity index is 249. The van der Waals surface area contributed by atoms with Crippen LogP contribution in [0.3, 0.4) is 0 Å². The Kier molecular flexibility index (Phi) is 4.51. The van der Waals surface area contributed by atoms with Gasteiger partial charge in [-0.1, -0.05) is 25.1 Å². The maximum absolute atomic E-state index is 11.8. The summed E-state index contributed by atoms with van der Waals surface area (Å²) in [5.74, 6) is 0.401. The van der Waals surface area contributed by atoms with Gasteiger partial charge >= 0.3 is 0 Å². The second kappa shape index (κ2) is 5.45. The fraction of sp³-hybridized carbons (Fsp3) is 0.818. The van der Waals surface area contributed by atoms with Crippen LogP contribution in [0.4, 0.5) is 0 Å². The maximum Gasteiger partial charge on any atom is 0.231 e. The van der Waals surface area contributed by atoms with Crippen molar-refractivity contribution in [2.24, 2.45) is 17.6 Å². The highest BCUT2D eigenvalue weighted by Gasteiger charge is 2.23. The summed E-state index contributed by atoms with van der Waals surface area (Å²) < 4.78 is 0. The van der Waals surface area contributed by atoms with Crippen molar-refractivity contribution in [3.63, 3.8) is 0 Å². The normalized spacial score (nSPS) is 18.8. The van der Waals surface area contributed by atoms with Gasteiger partial charge in [0, 0.05) is 13.6 Å². The zero-order chi connectivity index (χ0) is 11.4. The van der Waals surface area contributed by atoms with Gasteiger partial charge < -0.3 is 10.6 Å². The van der Waals surface area contributed by atoms with Gasteiger partial charge in [0.25, 0.3) is 0 Å². The van der Waals surface area contributed by atoms with Crippen molar-refractivity contribution in [3.8, 4) is 0 Å². The lowest BCUT2D eigenvalue weighted by Crippen LogP contribution is -2.39. The van der Waals surface area contributed by atoms with Gasteiger partial charge in [-0.2, -0.15) is 0 Å². The van der Waals surface area contributed by atoms with Crippen LogP contribution in [0.25, 0.3) is 0 Å². The zero-order valence-electron chi connectivity index (χ0n) is 9.53. The Balaban J connectivity index is 2.41. The summed E-state index contributed by atoms with van der Waals surface area (Å²) >= 11 is 4.83. The predicted molar refractivity (Wildman–Crippen MR) is 65.5 cm³/mol. The predicted octanol–water partition coefficient (Wildman–Crippen LogP) is 1.56. The van der Waals surface area contributed by atoms with E-state index in [0.29, 0.717) is 10.9 Å². The van der Waals surface area contributed by atoms with Crippen LogP contribution in [0.5, 0.6) is 0 Å². The van der Waals surface area contributed by atoms with Crippen molar-refractivity contribution in [2.45, 2.75) is 32.6 Å². The van der Waals surface area contributed by atoms with Crippen LogP contribution >= 0.6 is 12.2 Å². The number of amides is 1. The Morgan fingerprint density at radius 2 is 2.07 bits per heavy atom. The third kappa shape index (κ3) is 3.45. The lowest BCUT2D eigenvalue weighted by atomic mass is 10.1. The molecular formula is C11H20N2OS. The van der Waals surface area contributed by atoms with Crippen molar-refractivity contribution < 1.29 is 4.79 Å². The number of hydrogen-bond donors (Lipinski definition) is 1. The molecule has 1 amide bonds. The molecule has 1 unspecified atom stereocenters. The van der Waals surface area contributed by atoms with Crippen LogP contribution in [0.1, 0.15) is 32.6 Å². The van der Waals surface area contributed by atoms with E-state index in [1.165, 1.54) is 25.7 Å². The van der Waals surface area contributed by atoms with Crippen LogP contribution in [-0.4, -0.2) is 29.4 Å². The van der Waals surface area contributed by atoms with Gasteiger partial charge in [0.05, 0.1) is 10.9 Å². The number of nitrogens with two attached hydrogens (primary N) is 1. The molecule has 3 nitrogen and oxygen atoms in total. The number of carbonyl (C=O) groups is 1. The second-order valence-corrected chi connectivity index (χ2v) is 4.96. The van der Waals surface area contributed by atoms with Crippen LogP contribution in [-0.2, 0) is 4.79 Å². The molecule has 0 aliphatic heterocycles. The highest BCUT2D eigenvalue weighted by Crippen LogP contribution is 2.25. The van der Waals surface area contributed by atoms with E-state index >= 15 is 0 Å². The van der Waals surface area contributed by atoms with Gasteiger partial charge in [-0.05, 0) is 25.7 Å². The van der Waals surface area contributed by atoms with Crippen molar-refractivity contribution in [1.82, 2.24) is 4.90 Å². The first-order chi connectivity index (χ1) is 7.02. The van der Waals surface area contributed by atoms with Crippen molar-refractivity contribution in [3.05, 3.63) is 0 Å². The lowest BCUT2D eigenvalue weighted by molar-refractivity contribution is -0.132. The average molecular weight is 228 g/mol. The maximum atomic E-state index is 11.8. The van der Waals surface area contributed by atoms with E-state index in [-0.39, 0.29) is 11.8 Å². The first kappa shape index (κ1) is 12.4. The topological polar surface area (TPSA) is 46.3 Å². The molecule has 0 radical (unpaired) electrons. The standard InChI is InChI=1S/C11H20N2OS/c1-8(10(12)15)11(14)13(2)7-9-5-3-4-6-9/h8-9H,3-7H2,1-2H3,(H2,12,15). The summed E-state index contributed by atoms with van der Waals surface area (Å²) in [4.78, 5) is 13.9. The van der Waals surface area contributed by atoms with E-state index in [9.17, 15) is 4.79 Å². The third-order valence-corrected chi connectivity index (χ3v) is 3.53. The van der Waals surface area contributed by atoms with Gasteiger partial charge in [-0.15, -0.1) is 0 Å². The molecule has 0 spiro atoms. The molecule has 0 aromatic carbocycles. The first-order valence-electron chi connectivity index (χ1n) is 5.56. The minimum atomic E-state index is -0.327. The Labute approximate surface area is 97.0 Å². The van der Waals surface area contributed by atoms with Gasteiger partial charge in [-0.25, -0.2) is 0 Å². The average Bonchev–Trinajstić information content (AvgIpc) is 2.67. The number of carbonyl (C=O) groups excluding carboxylic acids is 1. The largest absolute Gasteiger partial charge is 0.393 e. The summed E-state index contributed by atoms with van der Waals surface area (Å²) in [6.45, 7) is 2.63. The summed E-state index contributed by atoms with van der Waals surface area (Å²) in [5.41, 5.74) is 5.47. The lowest BCUT2D eigenvalue weighted by Gasteiger charge is -2.23. The molecule has 1 saturated carbocycles. The summed E-state index contributed by atoms with van der Waals surface area (Å²) in [6.07, 6.45) is 5.10. The molecule has 86 valence electrons. The van der Waals surface area contributed by atoms with E-state index in [0.717, 1.165) is 6.54 Å². The van der Waals surface area contributed by atoms with Crippen molar-refractivity contribution in [2.75, 3.05) is 13.6 Å². The second-order valence-electron chi connectivity index (χ2n) is 4.49. The van der Waals surface area contributed by atoms with E-state index in [2.05, 4.69) is 0 Å². The number of thiocarbonyl (C=S) groups is 1. The molecule has 0 heterocycles. The third-order valence-electron chi connectivity index (χ3n) is 3.18. The Morgan fingerprint density at radius 1 is 1.53 bits per heavy atom. The van der Waals surface area contributed by atoms with Gasteiger partial charge in [0.15, 0.2) is 0 Å². The number of nitrogens with zero attached hydrogens (tertiary/aromatic N) is 1. The highest BCUT2D eigenvalue weighted by molar-refractivity contribution is 7.80. The molecule has 0 saturated heterocycles. The van der Waals surface area contributed by atoms with E-state index in [1.54, 1.807) is 11.8 Å². The minimum Gasteiger partial charge on any atom is -0.393 e. The summed E-state index contributed by atoms with van der Waals surface area (Å²) in [6, 6.07) is 0. The van der Waals surface area contributed by atoms with E-state index in [1.807, 2.05) is 7.05 Å². The summed E-state index contributed by atoms with van der Waals surface area (Å²) in [7, 11) is 1.84. The fourth-order valence-electron chi connectivity index (χ4n) is 2.12. The van der Waals surface area contributed by atoms with E-state index in [4.69, 9.17) is 18.0 Å². The monoisotopic (exact) mass is 228 g/mol. The zero-order valence-corrected chi connectivity index (χ0v) is 10.3. The van der Waals surface area contributed by atoms with Crippen molar-refractivity contribution in [1.29, 1.82) is 0 Å². The SMILES string of the molecule is CC(C(=O)N(C)CC1CCCC1)C(N)=S. The minimum absolute atomic E-state index is 0.0504. The number of rotatable bonds is 4. The smallest absolute Gasteiger partial charge is 0.231 e. The molecule has 1 atom stereocenters. The quantitative estimate of drug-likeness (QED) is 0.743. The van der Waals surface area contributed by atoms with Crippen LogP contribution in [0.2, 0.25) is 0 Å². The first-order valence-corrected chi connectivity index (χ1v) is 5.97. The van der Waals surface area contributed by atoms with Crippen LogP contribution in [0, 0.1) is 11.8 Å². The molecular weight excluding hydrogens is 208 g/mol. The molecule has 1 rings (SSSR count). The highest BCUT2D eigenvalue weighted by atomic mass is 32.1. The molecule has 1 fully saturated rings. The Hall–Kier alpha value is -0.640. The molecule has 2 N–H and O–H groups in total. The van der Waals surface area contributed by atoms with Crippen LogP contribution < -0.4 is 5.73 Å². The molecule has 4 heteroatoms. The molecule has 1 aliphatic rings. The summed E-state index contributed by atoms with van der Waals surface area (Å²) in [5, 5.41) is 0. The molecule has 1 aliphatic carbocycles. The van der Waals surface area contributed by atoms with Crippen molar-refractivity contribution >= 4 is 23.1 Å². The van der Waals surface area contributed by atoms with Gasteiger partial charge in [-0.3, -0.25) is 4.79 Å². The molecule has 0 bridgehead atoms. The fourth-order valence-corrected chi connectivity index (χ4v) is 2.22. The van der Waals surface area contributed by atoms with Gasteiger partial charge in [0.2, 0.25) is 5.91 Å². The van der Waals surface area contributed by atoms with Gasteiger partial charge in [0.1, 0.15) is 0 Å². The molecule has 0 aromatic heterocycles. The van der Waals surface area contributed by atoms with E-state index < -0.39 is 0 Å². The molecule has 15 heavy (non-hydrogen) atoms. The molecule has 0 aromatic rings.